The molecular weight excluding hydrogens is 216 g/mol. The summed E-state index contributed by atoms with van der Waals surface area (Å²) in [5.74, 6) is 0.0831. The molecule has 0 aromatic heterocycles. The first kappa shape index (κ1) is 14.7. The predicted molar refractivity (Wildman–Crippen MR) is 62.1 cm³/mol. The van der Waals surface area contributed by atoms with Crippen molar-refractivity contribution < 1.29 is 9.53 Å². The first-order valence-electron chi connectivity index (χ1n) is 5.30. The number of halogens is 1. The fourth-order valence-electron chi connectivity index (χ4n) is 1.39. The molecule has 5 heteroatoms. The van der Waals surface area contributed by atoms with Gasteiger partial charge < -0.3 is 15.4 Å². The van der Waals surface area contributed by atoms with Crippen LogP contribution in [0.1, 0.15) is 26.7 Å². The summed E-state index contributed by atoms with van der Waals surface area (Å²) in [4.78, 5) is 13.6. The van der Waals surface area contributed by atoms with Crippen LogP contribution in [0.2, 0.25) is 0 Å². The standard InChI is InChI=1S/C10H20N2O2.ClH/c1-3-12(7-8-14-4-2)9(13)10(11)5-6-10;/h3-8,11H2,1-2H3;1H. The second-order valence-electron chi connectivity index (χ2n) is 3.74. The Morgan fingerprint density at radius 2 is 2.07 bits per heavy atom. The van der Waals surface area contributed by atoms with Gasteiger partial charge in [0, 0.05) is 19.7 Å². The molecule has 1 fully saturated rings. The molecule has 0 aromatic carbocycles. The average molecular weight is 237 g/mol. The van der Waals surface area contributed by atoms with E-state index in [9.17, 15) is 4.79 Å². The molecule has 0 radical (unpaired) electrons. The Kier molecular flexibility index (Phi) is 6.17. The van der Waals surface area contributed by atoms with E-state index >= 15 is 0 Å². The molecule has 4 nitrogen and oxygen atoms in total. The number of rotatable bonds is 6. The van der Waals surface area contributed by atoms with Gasteiger partial charge in [-0.15, -0.1) is 12.4 Å². The molecule has 0 aromatic rings. The lowest BCUT2D eigenvalue weighted by molar-refractivity contribution is -0.134. The number of nitrogens with zero attached hydrogens (tertiary/aromatic N) is 1. The number of amides is 1. The molecule has 1 saturated carbocycles. The van der Waals surface area contributed by atoms with Crippen LogP contribution in [0.4, 0.5) is 0 Å². The van der Waals surface area contributed by atoms with Gasteiger partial charge >= 0.3 is 0 Å². The molecule has 1 aliphatic rings. The number of likely N-dealkylation sites (N-methyl/N-ethyl adjacent to an activating group) is 1. The van der Waals surface area contributed by atoms with E-state index < -0.39 is 5.54 Å². The molecule has 2 N–H and O–H groups in total. The Labute approximate surface area is 97.5 Å². The van der Waals surface area contributed by atoms with Gasteiger partial charge in [0.25, 0.3) is 0 Å². The Morgan fingerprint density at radius 3 is 2.47 bits per heavy atom. The monoisotopic (exact) mass is 236 g/mol. The van der Waals surface area contributed by atoms with Crippen molar-refractivity contribution >= 4 is 18.3 Å². The summed E-state index contributed by atoms with van der Waals surface area (Å²) < 4.78 is 5.21. The number of hydrogen-bond donors (Lipinski definition) is 1. The Balaban J connectivity index is 0.00000196. The van der Waals surface area contributed by atoms with E-state index in [0.29, 0.717) is 26.3 Å². The van der Waals surface area contributed by atoms with E-state index in [4.69, 9.17) is 10.5 Å². The van der Waals surface area contributed by atoms with Crippen molar-refractivity contribution in [2.24, 2.45) is 5.73 Å². The third kappa shape index (κ3) is 3.97. The van der Waals surface area contributed by atoms with E-state index in [2.05, 4.69) is 0 Å². The molecule has 1 rings (SSSR count). The van der Waals surface area contributed by atoms with E-state index in [1.165, 1.54) is 0 Å². The van der Waals surface area contributed by atoms with Crippen molar-refractivity contribution in [2.75, 3.05) is 26.3 Å². The van der Waals surface area contributed by atoms with Crippen molar-refractivity contribution in [3.05, 3.63) is 0 Å². The highest BCUT2D eigenvalue weighted by atomic mass is 35.5. The van der Waals surface area contributed by atoms with Gasteiger partial charge in [-0.2, -0.15) is 0 Å². The summed E-state index contributed by atoms with van der Waals surface area (Å²) in [6, 6.07) is 0. The highest BCUT2D eigenvalue weighted by molar-refractivity contribution is 5.89. The van der Waals surface area contributed by atoms with Crippen LogP contribution in [0.15, 0.2) is 0 Å². The normalized spacial score (nSPS) is 16.7. The van der Waals surface area contributed by atoms with Crippen molar-refractivity contribution in [1.29, 1.82) is 0 Å². The van der Waals surface area contributed by atoms with Gasteiger partial charge in [0.1, 0.15) is 0 Å². The van der Waals surface area contributed by atoms with E-state index in [1.807, 2.05) is 13.8 Å². The zero-order valence-electron chi connectivity index (χ0n) is 9.49. The number of hydrogen-bond acceptors (Lipinski definition) is 3. The fraction of sp³-hybridized carbons (Fsp3) is 0.900. The summed E-state index contributed by atoms with van der Waals surface area (Å²) in [5.41, 5.74) is 5.30. The maximum absolute atomic E-state index is 11.8. The largest absolute Gasteiger partial charge is 0.380 e. The van der Waals surface area contributed by atoms with Gasteiger partial charge in [-0.05, 0) is 26.7 Å². The van der Waals surface area contributed by atoms with Gasteiger partial charge in [0.2, 0.25) is 5.91 Å². The van der Waals surface area contributed by atoms with Crippen LogP contribution in [0.25, 0.3) is 0 Å². The van der Waals surface area contributed by atoms with E-state index in [0.717, 1.165) is 12.8 Å². The summed E-state index contributed by atoms with van der Waals surface area (Å²) in [6.07, 6.45) is 1.66. The number of nitrogens with two attached hydrogens (primary N) is 1. The topological polar surface area (TPSA) is 55.6 Å². The Morgan fingerprint density at radius 1 is 1.47 bits per heavy atom. The number of carbonyl (C=O) groups excluding carboxylic acids is 1. The van der Waals surface area contributed by atoms with Crippen molar-refractivity contribution in [1.82, 2.24) is 4.90 Å². The molecule has 0 bridgehead atoms. The van der Waals surface area contributed by atoms with Crippen LogP contribution >= 0.6 is 12.4 Å². The second kappa shape index (κ2) is 6.30. The zero-order valence-corrected chi connectivity index (χ0v) is 10.3. The molecule has 90 valence electrons. The van der Waals surface area contributed by atoms with Crippen LogP contribution in [-0.4, -0.2) is 42.6 Å². The summed E-state index contributed by atoms with van der Waals surface area (Å²) in [5, 5.41) is 0. The molecule has 15 heavy (non-hydrogen) atoms. The second-order valence-corrected chi connectivity index (χ2v) is 3.74. The molecule has 0 aliphatic heterocycles. The molecule has 1 amide bonds. The first-order chi connectivity index (χ1) is 6.64. The maximum Gasteiger partial charge on any atom is 0.242 e. The van der Waals surface area contributed by atoms with Gasteiger partial charge in [-0.1, -0.05) is 0 Å². The lowest BCUT2D eigenvalue weighted by Crippen LogP contribution is -2.46. The third-order valence-electron chi connectivity index (χ3n) is 2.59. The first-order valence-corrected chi connectivity index (χ1v) is 5.30. The SMILES string of the molecule is CCOCCN(CC)C(=O)C1(N)CC1.Cl. The van der Waals surface area contributed by atoms with E-state index in [1.54, 1.807) is 4.90 Å². The predicted octanol–water partition coefficient (Wildman–Crippen LogP) is 0.784. The zero-order chi connectivity index (χ0) is 10.6. The van der Waals surface area contributed by atoms with Gasteiger partial charge in [0.15, 0.2) is 0 Å². The highest BCUT2D eigenvalue weighted by Gasteiger charge is 2.47. The summed E-state index contributed by atoms with van der Waals surface area (Å²) >= 11 is 0. The minimum Gasteiger partial charge on any atom is -0.380 e. The van der Waals surface area contributed by atoms with Crippen LogP contribution in [-0.2, 0) is 9.53 Å². The number of carbonyl (C=O) groups is 1. The molecule has 1 aliphatic carbocycles. The maximum atomic E-state index is 11.8. The van der Waals surface area contributed by atoms with Gasteiger partial charge in [0.05, 0.1) is 12.1 Å². The summed E-state index contributed by atoms with van der Waals surface area (Å²) in [7, 11) is 0. The Bertz CT molecular complexity index is 208. The average Bonchev–Trinajstić information content (AvgIpc) is 2.92. The van der Waals surface area contributed by atoms with Crippen LogP contribution in [0, 0.1) is 0 Å². The Hall–Kier alpha value is -0.320. The van der Waals surface area contributed by atoms with Crippen LogP contribution in [0.3, 0.4) is 0 Å². The minimum atomic E-state index is -0.539. The number of ether oxygens (including phenoxy) is 1. The van der Waals surface area contributed by atoms with Gasteiger partial charge in [-0.25, -0.2) is 0 Å². The quantitative estimate of drug-likeness (QED) is 0.694. The molecular formula is C10H21ClN2O2. The lowest BCUT2D eigenvalue weighted by Gasteiger charge is -2.23. The summed E-state index contributed by atoms with van der Waals surface area (Å²) in [6.45, 7) is 6.58. The minimum absolute atomic E-state index is 0. The van der Waals surface area contributed by atoms with Crippen molar-refractivity contribution in [3.8, 4) is 0 Å². The smallest absolute Gasteiger partial charge is 0.242 e. The lowest BCUT2D eigenvalue weighted by atomic mass is 10.2. The molecule has 0 heterocycles. The van der Waals surface area contributed by atoms with Crippen LogP contribution < -0.4 is 5.73 Å². The molecule has 0 unspecified atom stereocenters. The van der Waals surface area contributed by atoms with Crippen LogP contribution in [0.5, 0.6) is 0 Å². The van der Waals surface area contributed by atoms with Gasteiger partial charge in [-0.3, -0.25) is 4.79 Å². The van der Waals surface area contributed by atoms with Crippen molar-refractivity contribution in [3.63, 3.8) is 0 Å². The van der Waals surface area contributed by atoms with Crippen molar-refractivity contribution in [2.45, 2.75) is 32.2 Å². The molecule has 0 spiro atoms. The fourth-order valence-corrected chi connectivity index (χ4v) is 1.39. The van der Waals surface area contributed by atoms with E-state index in [-0.39, 0.29) is 18.3 Å². The third-order valence-corrected chi connectivity index (χ3v) is 2.59. The molecule has 0 saturated heterocycles. The highest BCUT2D eigenvalue weighted by Crippen LogP contribution is 2.33. The molecule has 0 atom stereocenters.